The van der Waals surface area contributed by atoms with E-state index in [1.165, 1.54) is 6.92 Å². The van der Waals surface area contributed by atoms with E-state index >= 15 is 0 Å². The van der Waals surface area contributed by atoms with Crippen LogP contribution in [-0.2, 0) is 20.8 Å². The fourth-order valence-electron chi connectivity index (χ4n) is 2.46. The van der Waals surface area contributed by atoms with E-state index < -0.39 is 42.1 Å². The molecule has 0 saturated carbocycles. The van der Waals surface area contributed by atoms with Crippen LogP contribution >= 0.6 is 0 Å². The molecule has 0 aliphatic heterocycles. The van der Waals surface area contributed by atoms with Crippen LogP contribution in [0.2, 0.25) is 0 Å². The van der Waals surface area contributed by atoms with Gasteiger partial charge in [-0.2, -0.15) is 8.78 Å². The summed E-state index contributed by atoms with van der Waals surface area (Å²) in [7, 11) is 0. The molecule has 0 aliphatic rings. The third-order valence-electron chi connectivity index (χ3n) is 3.89. The molecule has 1 aromatic rings. The first-order valence-corrected chi connectivity index (χ1v) is 8.81. The Morgan fingerprint density at radius 1 is 1.11 bits per heavy atom. The fourth-order valence-corrected chi connectivity index (χ4v) is 2.46. The molecule has 1 aromatic carbocycles. The van der Waals surface area contributed by atoms with Crippen molar-refractivity contribution in [1.82, 2.24) is 10.6 Å². The first kappa shape index (κ1) is 22.7. The van der Waals surface area contributed by atoms with Crippen molar-refractivity contribution in [2.24, 2.45) is 11.7 Å². The van der Waals surface area contributed by atoms with Crippen molar-refractivity contribution in [3.63, 3.8) is 0 Å². The van der Waals surface area contributed by atoms with Crippen molar-refractivity contribution in [2.45, 2.75) is 51.6 Å². The summed E-state index contributed by atoms with van der Waals surface area (Å²) in [6.45, 7) is 3.76. The molecule has 0 spiro atoms. The first-order chi connectivity index (χ1) is 12.5. The summed E-state index contributed by atoms with van der Waals surface area (Å²) in [6.07, 6.45) is 0.200. The maximum atomic E-state index is 14.0. The predicted molar refractivity (Wildman–Crippen MR) is 98.1 cm³/mol. The Bertz CT molecular complexity index is 651. The lowest BCUT2D eigenvalue weighted by Gasteiger charge is -2.22. The minimum atomic E-state index is -3.77. The Hall–Kier alpha value is -2.35. The van der Waals surface area contributed by atoms with Crippen LogP contribution in [0.4, 0.5) is 8.78 Å². The number of halogens is 2. The zero-order valence-corrected chi connectivity index (χ0v) is 15.8. The van der Waals surface area contributed by atoms with Crippen LogP contribution in [0, 0.1) is 5.92 Å². The lowest BCUT2D eigenvalue weighted by molar-refractivity contribution is -0.145. The lowest BCUT2D eigenvalue weighted by Crippen LogP contribution is -2.53. The molecule has 6 nitrogen and oxygen atoms in total. The Morgan fingerprint density at radius 3 is 2.26 bits per heavy atom. The van der Waals surface area contributed by atoms with Gasteiger partial charge in [0.05, 0.1) is 19.0 Å². The molecule has 2 atom stereocenters. The van der Waals surface area contributed by atoms with Gasteiger partial charge in [-0.15, -0.1) is 0 Å². The van der Waals surface area contributed by atoms with Crippen LogP contribution in [0.5, 0.6) is 0 Å². The fraction of sp³-hybridized carbons (Fsp3) is 0.526. The van der Waals surface area contributed by atoms with Gasteiger partial charge in [0.15, 0.2) is 0 Å². The smallest absolute Gasteiger partial charge is 0.323 e. The standard InChI is InChI=1S/C19H27F2N3O3/c1-12(2)9-15(22)17(26)19(20,21)11-23-18(27)13(3)24-16(25)10-14-7-5-4-6-8-14/h4-8,12-13,15H,9-11,22H2,1-3H3,(H,23,27)(H,24,25). The highest BCUT2D eigenvalue weighted by Crippen LogP contribution is 2.18. The second kappa shape index (κ2) is 10.1. The molecule has 2 unspecified atom stereocenters. The molecule has 8 heteroatoms. The first-order valence-electron chi connectivity index (χ1n) is 8.81. The molecule has 4 N–H and O–H groups in total. The number of rotatable bonds is 10. The van der Waals surface area contributed by atoms with Gasteiger partial charge >= 0.3 is 5.92 Å². The maximum absolute atomic E-state index is 14.0. The SMILES string of the molecule is CC(C)CC(N)C(=O)C(F)(F)CNC(=O)C(C)NC(=O)Cc1ccccc1. The second-order valence-electron chi connectivity index (χ2n) is 6.97. The number of hydrogen-bond acceptors (Lipinski definition) is 4. The minimum Gasteiger partial charge on any atom is -0.348 e. The zero-order valence-electron chi connectivity index (χ0n) is 15.8. The van der Waals surface area contributed by atoms with Gasteiger partial charge in [-0.3, -0.25) is 14.4 Å². The van der Waals surface area contributed by atoms with Crippen molar-refractivity contribution in [1.29, 1.82) is 0 Å². The highest BCUT2D eigenvalue weighted by Gasteiger charge is 2.42. The normalized spacial score (nSPS) is 13.7. The van der Waals surface area contributed by atoms with Gasteiger partial charge in [-0.05, 0) is 24.8 Å². The van der Waals surface area contributed by atoms with Crippen molar-refractivity contribution in [3.8, 4) is 0 Å². The third-order valence-corrected chi connectivity index (χ3v) is 3.89. The van der Waals surface area contributed by atoms with E-state index in [0.29, 0.717) is 0 Å². The van der Waals surface area contributed by atoms with Gasteiger partial charge in [0.1, 0.15) is 6.04 Å². The number of benzene rings is 1. The Morgan fingerprint density at radius 2 is 1.70 bits per heavy atom. The zero-order chi connectivity index (χ0) is 20.6. The van der Waals surface area contributed by atoms with E-state index in [9.17, 15) is 23.2 Å². The molecule has 0 bridgehead atoms. The van der Waals surface area contributed by atoms with Crippen LogP contribution in [0.1, 0.15) is 32.8 Å². The minimum absolute atomic E-state index is 0.00538. The molecule has 0 aromatic heterocycles. The number of nitrogens with two attached hydrogens (primary N) is 1. The van der Waals surface area contributed by atoms with E-state index in [4.69, 9.17) is 5.73 Å². The molecule has 1 rings (SSSR count). The van der Waals surface area contributed by atoms with E-state index in [1.54, 1.807) is 38.1 Å². The quantitative estimate of drug-likeness (QED) is 0.569. The molecule has 0 radical (unpaired) electrons. The highest BCUT2D eigenvalue weighted by atomic mass is 19.3. The van der Waals surface area contributed by atoms with Crippen molar-refractivity contribution in [3.05, 3.63) is 35.9 Å². The van der Waals surface area contributed by atoms with E-state index in [-0.39, 0.29) is 18.8 Å². The molecule has 0 fully saturated rings. The molecule has 0 saturated heterocycles. The largest absolute Gasteiger partial charge is 0.348 e. The summed E-state index contributed by atoms with van der Waals surface area (Å²) in [5, 5.41) is 4.44. The second-order valence-corrected chi connectivity index (χ2v) is 6.97. The molecular weight excluding hydrogens is 356 g/mol. The van der Waals surface area contributed by atoms with Crippen LogP contribution < -0.4 is 16.4 Å². The predicted octanol–water partition coefficient (Wildman–Crippen LogP) is 1.43. The summed E-state index contributed by atoms with van der Waals surface area (Å²) in [6, 6.07) is 6.58. The van der Waals surface area contributed by atoms with Gasteiger partial charge in [0, 0.05) is 0 Å². The summed E-state index contributed by atoms with van der Waals surface area (Å²) in [5.41, 5.74) is 6.27. The number of Topliss-reactive ketones (excluding diaryl/α,β-unsaturated/α-hetero) is 1. The highest BCUT2D eigenvalue weighted by molar-refractivity contribution is 5.92. The molecule has 2 amide bonds. The monoisotopic (exact) mass is 383 g/mol. The number of hydrogen-bond donors (Lipinski definition) is 3. The van der Waals surface area contributed by atoms with Crippen molar-refractivity contribution < 1.29 is 23.2 Å². The maximum Gasteiger partial charge on any atom is 0.323 e. The van der Waals surface area contributed by atoms with Gasteiger partial charge < -0.3 is 16.4 Å². The molecule has 0 heterocycles. The van der Waals surface area contributed by atoms with Crippen LogP contribution in [-0.4, -0.2) is 42.1 Å². The van der Waals surface area contributed by atoms with Gasteiger partial charge in [0.25, 0.3) is 0 Å². The molecule has 27 heavy (non-hydrogen) atoms. The Kier molecular flexibility index (Phi) is 8.49. The number of carbonyl (C=O) groups excluding carboxylic acids is 3. The Balaban J connectivity index is 2.49. The van der Waals surface area contributed by atoms with Gasteiger partial charge in [-0.25, -0.2) is 0 Å². The lowest BCUT2D eigenvalue weighted by atomic mass is 9.97. The van der Waals surface area contributed by atoms with E-state index in [1.807, 2.05) is 11.4 Å². The summed E-state index contributed by atoms with van der Waals surface area (Å²) in [5.74, 6) is -6.39. The summed E-state index contributed by atoms with van der Waals surface area (Å²) >= 11 is 0. The van der Waals surface area contributed by atoms with Gasteiger partial charge in [-0.1, -0.05) is 44.2 Å². The van der Waals surface area contributed by atoms with Crippen molar-refractivity contribution in [2.75, 3.05) is 6.54 Å². The third kappa shape index (κ3) is 7.82. The molecule has 0 aliphatic carbocycles. The van der Waals surface area contributed by atoms with E-state index in [2.05, 4.69) is 5.32 Å². The number of ketones is 1. The molecular formula is C19H27F2N3O3. The Labute approximate surface area is 157 Å². The number of nitrogens with one attached hydrogen (secondary N) is 2. The van der Waals surface area contributed by atoms with Crippen LogP contribution in [0.15, 0.2) is 30.3 Å². The summed E-state index contributed by atoms with van der Waals surface area (Å²) in [4.78, 5) is 35.6. The number of amides is 2. The molecule has 150 valence electrons. The van der Waals surface area contributed by atoms with E-state index in [0.717, 1.165) is 5.56 Å². The average Bonchev–Trinajstić information content (AvgIpc) is 2.59. The average molecular weight is 383 g/mol. The number of alkyl halides is 2. The topological polar surface area (TPSA) is 101 Å². The van der Waals surface area contributed by atoms with Crippen molar-refractivity contribution >= 4 is 17.6 Å². The summed E-state index contributed by atoms with van der Waals surface area (Å²) < 4.78 is 27.9. The van der Waals surface area contributed by atoms with Crippen LogP contribution in [0.3, 0.4) is 0 Å². The van der Waals surface area contributed by atoms with Gasteiger partial charge in [0.2, 0.25) is 17.6 Å². The number of carbonyl (C=O) groups is 3. The van der Waals surface area contributed by atoms with Crippen LogP contribution in [0.25, 0.3) is 0 Å².